The van der Waals surface area contributed by atoms with Crippen molar-refractivity contribution in [1.29, 1.82) is 0 Å². The van der Waals surface area contributed by atoms with Gasteiger partial charge in [0, 0.05) is 18.7 Å². The zero-order chi connectivity index (χ0) is 14.0. The zero-order valence-electron chi connectivity index (χ0n) is 12.2. The fourth-order valence-corrected chi connectivity index (χ4v) is 3.15. The maximum Gasteiger partial charge on any atom is 0.163 e. The third-order valence-electron chi connectivity index (χ3n) is 4.48. The number of nitrogen functional groups attached to an aromatic ring is 1. The van der Waals surface area contributed by atoms with Crippen molar-refractivity contribution in [3.63, 3.8) is 0 Å². The van der Waals surface area contributed by atoms with E-state index in [2.05, 4.69) is 12.2 Å². The largest absolute Gasteiger partial charge is 0.486 e. The smallest absolute Gasteiger partial charge is 0.163 e. The van der Waals surface area contributed by atoms with Gasteiger partial charge in [0.05, 0.1) is 11.4 Å². The van der Waals surface area contributed by atoms with Crippen molar-refractivity contribution in [2.75, 3.05) is 30.8 Å². The van der Waals surface area contributed by atoms with E-state index in [-0.39, 0.29) is 0 Å². The third kappa shape index (κ3) is 2.79. The number of nitrogens with one attached hydrogen (secondary N) is 1. The molecule has 0 aromatic heterocycles. The Hall–Kier alpha value is -1.58. The predicted octanol–water partition coefficient (Wildman–Crippen LogP) is 3.42. The van der Waals surface area contributed by atoms with Crippen LogP contribution in [-0.4, -0.2) is 19.8 Å². The first-order valence-corrected chi connectivity index (χ1v) is 7.59. The standard InChI is InChI=1S/C16H24N2O2/c1-16(5-3-2-4-6-16)11-18-13-10-15-14(9-12(13)17)19-7-8-20-15/h9-10,18H,2-8,11,17H2,1H3. The minimum absolute atomic E-state index is 0.387. The molecule has 1 aromatic rings. The van der Waals surface area contributed by atoms with Gasteiger partial charge in [0.1, 0.15) is 13.2 Å². The van der Waals surface area contributed by atoms with Crippen LogP contribution in [0.5, 0.6) is 11.5 Å². The highest BCUT2D eigenvalue weighted by atomic mass is 16.6. The highest BCUT2D eigenvalue weighted by Crippen LogP contribution is 2.39. The molecule has 3 rings (SSSR count). The molecule has 4 heteroatoms. The van der Waals surface area contributed by atoms with Gasteiger partial charge in [0.25, 0.3) is 0 Å². The highest BCUT2D eigenvalue weighted by molar-refractivity contribution is 5.72. The average Bonchev–Trinajstić information content (AvgIpc) is 2.46. The van der Waals surface area contributed by atoms with Crippen molar-refractivity contribution >= 4 is 11.4 Å². The first-order chi connectivity index (χ1) is 9.66. The molecular weight excluding hydrogens is 252 g/mol. The maximum absolute atomic E-state index is 6.11. The predicted molar refractivity (Wildman–Crippen MR) is 81.5 cm³/mol. The lowest BCUT2D eigenvalue weighted by molar-refractivity contribution is 0.172. The van der Waals surface area contributed by atoms with Gasteiger partial charge in [-0.2, -0.15) is 0 Å². The van der Waals surface area contributed by atoms with E-state index in [4.69, 9.17) is 15.2 Å². The summed E-state index contributed by atoms with van der Waals surface area (Å²) in [6.45, 7) is 4.54. The van der Waals surface area contributed by atoms with Crippen LogP contribution in [0.4, 0.5) is 11.4 Å². The third-order valence-corrected chi connectivity index (χ3v) is 4.48. The van der Waals surface area contributed by atoms with Crippen molar-refractivity contribution in [3.05, 3.63) is 12.1 Å². The van der Waals surface area contributed by atoms with E-state index in [0.717, 1.165) is 29.4 Å². The summed E-state index contributed by atoms with van der Waals surface area (Å²) in [5, 5.41) is 3.51. The molecule has 0 saturated heterocycles. The molecule has 110 valence electrons. The number of benzene rings is 1. The van der Waals surface area contributed by atoms with Gasteiger partial charge in [0.2, 0.25) is 0 Å². The van der Waals surface area contributed by atoms with Crippen molar-refractivity contribution in [3.8, 4) is 11.5 Å². The Labute approximate surface area is 120 Å². The molecule has 1 fully saturated rings. The Bertz CT molecular complexity index is 482. The maximum atomic E-state index is 6.11. The Kier molecular flexibility index (Phi) is 3.64. The minimum Gasteiger partial charge on any atom is -0.486 e. The fraction of sp³-hybridized carbons (Fsp3) is 0.625. The number of anilines is 2. The number of fused-ring (bicyclic) bond motifs is 1. The monoisotopic (exact) mass is 276 g/mol. The van der Waals surface area contributed by atoms with Gasteiger partial charge < -0.3 is 20.5 Å². The Morgan fingerprint density at radius 2 is 1.75 bits per heavy atom. The van der Waals surface area contributed by atoms with Crippen LogP contribution < -0.4 is 20.5 Å². The molecule has 1 heterocycles. The van der Waals surface area contributed by atoms with Crippen LogP contribution >= 0.6 is 0 Å². The highest BCUT2D eigenvalue weighted by Gasteiger charge is 2.26. The number of rotatable bonds is 3. The summed E-state index contributed by atoms with van der Waals surface area (Å²) < 4.78 is 11.2. The molecule has 0 unspecified atom stereocenters. The number of ether oxygens (including phenoxy) is 2. The molecule has 1 aliphatic heterocycles. The number of nitrogens with two attached hydrogens (primary N) is 1. The van der Waals surface area contributed by atoms with Gasteiger partial charge in [-0.3, -0.25) is 0 Å². The summed E-state index contributed by atoms with van der Waals surface area (Å²) in [4.78, 5) is 0. The molecule has 3 N–H and O–H groups in total. The van der Waals surface area contributed by atoms with E-state index in [0.29, 0.717) is 18.6 Å². The van der Waals surface area contributed by atoms with E-state index in [1.807, 2.05) is 12.1 Å². The quantitative estimate of drug-likeness (QED) is 0.831. The molecule has 0 atom stereocenters. The second kappa shape index (κ2) is 5.43. The van der Waals surface area contributed by atoms with Crippen LogP contribution in [0, 0.1) is 5.41 Å². The van der Waals surface area contributed by atoms with Crippen molar-refractivity contribution in [2.24, 2.45) is 5.41 Å². The van der Waals surface area contributed by atoms with Crippen LogP contribution in [0.25, 0.3) is 0 Å². The average molecular weight is 276 g/mol. The van der Waals surface area contributed by atoms with E-state index in [1.165, 1.54) is 32.1 Å². The van der Waals surface area contributed by atoms with Crippen molar-refractivity contribution in [1.82, 2.24) is 0 Å². The lowest BCUT2D eigenvalue weighted by atomic mass is 9.76. The van der Waals surface area contributed by atoms with Crippen molar-refractivity contribution < 1.29 is 9.47 Å². The van der Waals surface area contributed by atoms with Gasteiger partial charge in [-0.15, -0.1) is 0 Å². The molecular formula is C16H24N2O2. The van der Waals surface area contributed by atoms with Crippen LogP contribution in [-0.2, 0) is 0 Å². The lowest BCUT2D eigenvalue weighted by Crippen LogP contribution is -2.29. The van der Waals surface area contributed by atoms with Gasteiger partial charge in [-0.05, 0) is 18.3 Å². The summed E-state index contributed by atoms with van der Waals surface area (Å²) in [5.41, 5.74) is 8.18. The van der Waals surface area contributed by atoms with Crippen LogP contribution in [0.15, 0.2) is 12.1 Å². The topological polar surface area (TPSA) is 56.5 Å². The second-order valence-electron chi connectivity index (χ2n) is 6.31. The van der Waals surface area contributed by atoms with Gasteiger partial charge in [0.15, 0.2) is 11.5 Å². The summed E-state index contributed by atoms with van der Waals surface area (Å²) in [6, 6.07) is 3.83. The van der Waals surface area contributed by atoms with Crippen molar-refractivity contribution in [2.45, 2.75) is 39.0 Å². The van der Waals surface area contributed by atoms with Crippen LogP contribution in [0.2, 0.25) is 0 Å². The van der Waals surface area contributed by atoms with E-state index < -0.39 is 0 Å². The van der Waals surface area contributed by atoms with Gasteiger partial charge in [-0.1, -0.05) is 26.2 Å². The number of hydrogen-bond acceptors (Lipinski definition) is 4. The lowest BCUT2D eigenvalue weighted by Gasteiger charge is -2.34. The molecule has 1 aliphatic carbocycles. The molecule has 2 aliphatic rings. The Morgan fingerprint density at radius 3 is 2.45 bits per heavy atom. The molecule has 0 radical (unpaired) electrons. The fourth-order valence-electron chi connectivity index (χ4n) is 3.15. The van der Waals surface area contributed by atoms with E-state index >= 15 is 0 Å². The molecule has 0 amide bonds. The molecule has 1 aromatic carbocycles. The molecule has 0 spiro atoms. The first kappa shape index (κ1) is 13.4. The first-order valence-electron chi connectivity index (χ1n) is 7.59. The summed E-state index contributed by atoms with van der Waals surface area (Å²) in [7, 11) is 0. The van der Waals surface area contributed by atoms with Gasteiger partial charge >= 0.3 is 0 Å². The van der Waals surface area contributed by atoms with E-state index in [1.54, 1.807) is 0 Å². The minimum atomic E-state index is 0.387. The van der Waals surface area contributed by atoms with E-state index in [9.17, 15) is 0 Å². The second-order valence-corrected chi connectivity index (χ2v) is 6.31. The Morgan fingerprint density at radius 1 is 1.10 bits per heavy atom. The molecule has 20 heavy (non-hydrogen) atoms. The zero-order valence-corrected chi connectivity index (χ0v) is 12.2. The number of hydrogen-bond donors (Lipinski definition) is 2. The summed E-state index contributed by atoms with van der Waals surface area (Å²) >= 11 is 0. The molecule has 0 bridgehead atoms. The van der Waals surface area contributed by atoms with Crippen LogP contribution in [0.3, 0.4) is 0 Å². The normalized spacial score (nSPS) is 20.4. The summed E-state index contributed by atoms with van der Waals surface area (Å²) in [5.74, 6) is 1.55. The van der Waals surface area contributed by atoms with Gasteiger partial charge in [-0.25, -0.2) is 0 Å². The Balaban J connectivity index is 1.70. The molecule has 4 nitrogen and oxygen atoms in total. The summed E-state index contributed by atoms with van der Waals surface area (Å²) in [6.07, 6.45) is 6.65. The molecule has 1 saturated carbocycles. The SMILES string of the molecule is CC1(CNc2cc3c(cc2N)OCCO3)CCCCC1. The van der Waals surface area contributed by atoms with Crippen LogP contribution in [0.1, 0.15) is 39.0 Å².